The molecule has 0 radical (unpaired) electrons. The van der Waals surface area contributed by atoms with E-state index in [2.05, 4.69) is 0 Å². The summed E-state index contributed by atoms with van der Waals surface area (Å²) < 4.78 is 4.77. The van der Waals surface area contributed by atoms with Gasteiger partial charge >= 0.3 is 0 Å². The maximum atomic E-state index is 5.46. The van der Waals surface area contributed by atoms with Crippen molar-refractivity contribution in [3.8, 4) is 0 Å². The average Bonchev–Trinajstić information content (AvgIpc) is 1.85. The van der Waals surface area contributed by atoms with Crippen molar-refractivity contribution >= 4 is 0 Å². The van der Waals surface area contributed by atoms with Crippen LogP contribution in [-0.4, -0.2) is 13.7 Å². The molecule has 0 aliphatic carbocycles. The Hall–Kier alpha value is -0.760. The third kappa shape index (κ3) is 5.11. The Morgan fingerprint density at radius 3 is 2.78 bits per heavy atom. The number of rotatable bonds is 3. The van der Waals surface area contributed by atoms with E-state index in [-0.39, 0.29) is 0 Å². The zero-order valence-electron chi connectivity index (χ0n) is 5.92. The van der Waals surface area contributed by atoms with Crippen molar-refractivity contribution in [1.29, 1.82) is 0 Å². The fourth-order valence-electron chi connectivity index (χ4n) is 0.435. The number of allylic oxidation sites excluding steroid dienone is 3. The number of nitrogens with two attached hydrogens (primary N) is 1. The Bertz CT molecular complexity index is 116. The van der Waals surface area contributed by atoms with E-state index in [1.165, 1.54) is 0 Å². The van der Waals surface area contributed by atoms with Crippen LogP contribution in [0, 0.1) is 0 Å². The lowest BCUT2D eigenvalue weighted by molar-refractivity contribution is 0.225. The van der Waals surface area contributed by atoms with Gasteiger partial charge in [-0.3, -0.25) is 0 Å². The van der Waals surface area contributed by atoms with Gasteiger partial charge in [-0.25, -0.2) is 0 Å². The van der Waals surface area contributed by atoms with Crippen molar-refractivity contribution in [2.75, 3.05) is 13.7 Å². The van der Waals surface area contributed by atoms with Crippen molar-refractivity contribution in [1.82, 2.24) is 0 Å². The Morgan fingerprint density at radius 1 is 1.67 bits per heavy atom. The first kappa shape index (κ1) is 8.24. The van der Waals surface area contributed by atoms with Crippen LogP contribution in [0.2, 0.25) is 0 Å². The Labute approximate surface area is 56.0 Å². The number of methoxy groups -OCH3 is 1. The van der Waals surface area contributed by atoms with Gasteiger partial charge in [-0.05, 0) is 13.0 Å². The monoisotopic (exact) mass is 127 g/mol. The molecule has 9 heavy (non-hydrogen) atoms. The molecule has 0 atom stereocenters. The Kier molecular flexibility index (Phi) is 4.92. The summed E-state index contributed by atoms with van der Waals surface area (Å²) >= 11 is 0. The SMILES string of the molecule is C/C=C\C=C(\N)COC. The lowest BCUT2D eigenvalue weighted by Crippen LogP contribution is -2.03. The van der Waals surface area contributed by atoms with Gasteiger partial charge in [0.1, 0.15) is 0 Å². The molecule has 0 aromatic carbocycles. The van der Waals surface area contributed by atoms with E-state index in [0.717, 1.165) is 5.70 Å². The van der Waals surface area contributed by atoms with Gasteiger partial charge in [0.25, 0.3) is 0 Å². The summed E-state index contributed by atoms with van der Waals surface area (Å²) in [4.78, 5) is 0. The first-order chi connectivity index (χ1) is 4.31. The summed E-state index contributed by atoms with van der Waals surface area (Å²) in [7, 11) is 1.62. The van der Waals surface area contributed by atoms with E-state index < -0.39 is 0 Å². The maximum absolute atomic E-state index is 5.46. The van der Waals surface area contributed by atoms with Crippen molar-refractivity contribution in [2.45, 2.75) is 6.92 Å². The predicted molar refractivity (Wildman–Crippen MR) is 39.0 cm³/mol. The predicted octanol–water partition coefficient (Wildman–Crippen LogP) is 1.05. The molecule has 52 valence electrons. The highest BCUT2D eigenvalue weighted by molar-refractivity contribution is 5.08. The minimum Gasteiger partial charge on any atom is -0.400 e. The first-order valence-corrected chi connectivity index (χ1v) is 2.87. The highest BCUT2D eigenvalue weighted by atomic mass is 16.5. The van der Waals surface area contributed by atoms with E-state index in [4.69, 9.17) is 10.5 Å². The van der Waals surface area contributed by atoms with Crippen molar-refractivity contribution in [3.63, 3.8) is 0 Å². The summed E-state index contributed by atoms with van der Waals surface area (Å²) in [5, 5.41) is 0. The summed E-state index contributed by atoms with van der Waals surface area (Å²) in [5.74, 6) is 0. The normalized spacial score (nSPS) is 12.9. The summed E-state index contributed by atoms with van der Waals surface area (Å²) in [5.41, 5.74) is 6.20. The van der Waals surface area contributed by atoms with E-state index in [0.29, 0.717) is 6.61 Å². The zero-order chi connectivity index (χ0) is 7.11. The van der Waals surface area contributed by atoms with Crippen LogP contribution >= 0.6 is 0 Å². The summed E-state index contributed by atoms with van der Waals surface area (Å²) in [6.07, 6.45) is 5.63. The molecular weight excluding hydrogens is 114 g/mol. The van der Waals surface area contributed by atoms with E-state index in [1.54, 1.807) is 7.11 Å². The zero-order valence-corrected chi connectivity index (χ0v) is 5.92. The highest BCUT2D eigenvalue weighted by Gasteiger charge is 1.81. The molecule has 0 amide bonds. The van der Waals surface area contributed by atoms with Crippen LogP contribution < -0.4 is 5.73 Å². The largest absolute Gasteiger partial charge is 0.400 e. The van der Waals surface area contributed by atoms with E-state index in [9.17, 15) is 0 Å². The molecule has 0 aliphatic heterocycles. The van der Waals surface area contributed by atoms with Crippen molar-refractivity contribution in [2.24, 2.45) is 5.73 Å². The lowest BCUT2D eigenvalue weighted by Gasteiger charge is -1.94. The topological polar surface area (TPSA) is 35.2 Å². The quantitative estimate of drug-likeness (QED) is 0.575. The van der Waals surface area contributed by atoms with Crippen LogP contribution in [0.4, 0.5) is 0 Å². The molecule has 0 aromatic rings. The van der Waals surface area contributed by atoms with Gasteiger partial charge in [-0.15, -0.1) is 0 Å². The van der Waals surface area contributed by atoms with Crippen LogP contribution in [0.25, 0.3) is 0 Å². The van der Waals surface area contributed by atoms with Gasteiger partial charge in [0.2, 0.25) is 0 Å². The molecule has 2 heteroatoms. The molecule has 0 aromatic heterocycles. The van der Waals surface area contributed by atoms with Crippen LogP contribution in [0.3, 0.4) is 0 Å². The number of hydrogen-bond acceptors (Lipinski definition) is 2. The Balaban J connectivity index is 3.55. The van der Waals surface area contributed by atoms with Crippen LogP contribution in [0.1, 0.15) is 6.92 Å². The van der Waals surface area contributed by atoms with Crippen LogP contribution in [0.5, 0.6) is 0 Å². The minimum atomic E-state index is 0.504. The number of hydrogen-bond donors (Lipinski definition) is 1. The molecule has 2 N–H and O–H groups in total. The fourth-order valence-corrected chi connectivity index (χ4v) is 0.435. The van der Waals surface area contributed by atoms with Crippen LogP contribution in [0.15, 0.2) is 23.9 Å². The van der Waals surface area contributed by atoms with Gasteiger partial charge in [-0.1, -0.05) is 12.2 Å². The Morgan fingerprint density at radius 2 is 2.33 bits per heavy atom. The highest BCUT2D eigenvalue weighted by Crippen LogP contribution is 1.84. The van der Waals surface area contributed by atoms with Gasteiger partial charge < -0.3 is 10.5 Å². The molecule has 0 fully saturated rings. The second-order valence-corrected chi connectivity index (χ2v) is 1.70. The fraction of sp³-hybridized carbons (Fsp3) is 0.429. The first-order valence-electron chi connectivity index (χ1n) is 2.87. The third-order valence-electron chi connectivity index (χ3n) is 0.814. The summed E-state index contributed by atoms with van der Waals surface area (Å²) in [6, 6.07) is 0. The van der Waals surface area contributed by atoms with Crippen LogP contribution in [-0.2, 0) is 4.74 Å². The molecule has 0 rings (SSSR count). The molecule has 0 saturated heterocycles. The van der Waals surface area contributed by atoms with Gasteiger partial charge in [0.15, 0.2) is 0 Å². The number of ether oxygens (including phenoxy) is 1. The van der Waals surface area contributed by atoms with Crippen molar-refractivity contribution in [3.05, 3.63) is 23.9 Å². The van der Waals surface area contributed by atoms with Gasteiger partial charge in [0, 0.05) is 12.8 Å². The second-order valence-electron chi connectivity index (χ2n) is 1.70. The van der Waals surface area contributed by atoms with Gasteiger partial charge in [0.05, 0.1) is 6.61 Å². The molecule has 0 aliphatic rings. The molecule has 0 bridgehead atoms. The van der Waals surface area contributed by atoms with E-state index in [1.807, 2.05) is 25.2 Å². The third-order valence-corrected chi connectivity index (χ3v) is 0.814. The maximum Gasteiger partial charge on any atom is 0.0856 e. The molecule has 0 spiro atoms. The molecular formula is C7H13NO. The minimum absolute atomic E-state index is 0.504. The summed E-state index contributed by atoms with van der Waals surface area (Å²) in [6.45, 7) is 2.45. The van der Waals surface area contributed by atoms with E-state index >= 15 is 0 Å². The smallest absolute Gasteiger partial charge is 0.0856 e. The second kappa shape index (κ2) is 5.38. The molecule has 0 heterocycles. The van der Waals surface area contributed by atoms with Crippen molar-refractivity contribution < 1.29 is 4.74 Å². The van der Waals surface area contributed by atoms with Gasteiger partial charge in [-0.2, -0.15) is 0 Å². The molecule has 0 saturated carbocycles. The standard InChI is InChI=1S/C7H13NO/c1-3-4-5-7(8)6-9-2/h3-5H,6,8H2,1-2H3/b4-3-,7-5+. The lowest BCUT2D eigenvalue weighted by atomic mass is 10.4. The molecule has 0 unspecified atom stereocenters. The average molecular weight is 127 g/mol. The molecule has 2 nitrogen and oxygen atoms in total.